The summed E-state index contributed by atoms with van der Waals surface area (Å²) in [6.07, 6.45) is 11.6. The molecule has 4 rings (SSSR count). The molecule has 3 heterocycles. The highest BCUT2D eigenvalue weighted by Gasteiger charge is 2.50. The summed E-state index contributed by atoms with van der Waals surface area (Å²) in [5.74, 6) is 2.18. The van der Waals surface area contributed by atoms with Crippen molar-refractivity contribution in [2.45, 2.75) is 51.4 Å². The number of nitriles is 1. The first-order valence-corrected chi connectivity index (χ1v) is 14.0. The highest BCUT2D eigenvalue weighted by atomic mass is 32.1. The fourth-order valence-electron chi connectivity index (χ4n) is 6.31. The number of fused-ring (bicyclic) bond motifs is 2. The van der Waals surface area contributed by atoms with Crippen LogP contribution in [0.5, 0.6) is 0 Å². The summed E-state index contributed by atoms with van der Waals surface area (Å²) in [6.45, 7) is 12.7. The molecule has 37 heavy (non-hydrogen) atoms. The van der Waals surface area contributed by atoms with Gasteiger partial charge in [-0.2, -0.15) is 5.26 Å². The number of piperidine rings is 1. The van der Waals surface area contributed by atoms with Crippen LogP contribution in [0.3, 0.4) is 0 Å². The van der Waals surface area contributed by atoms with E-state index in [2.05, 4.69) is 64.3 Å². The smallest absolute Gasteiger partial charge is 0.126 e. The highest BCUT2D eigenvalue weighted by molar-refractivity contribution is 7.16. The summed E-state index contributed by atoms with van der Waals surface area (Å²) in [5.41, 5.74) is 8.49. The molecule has 8 nitrogen and oxygen atoms in total. The number of hydrogen-bond acceptors (Lipinski definition) is 8. The van der Waals surface area contributed by atoms with Crippen LogP contribution in [0.15, 0.2) is 34.3 Å². The van der Waals surface area contributed by atoms with Crippen LogP contribution in [0.25, 0.3) is 0 Å². The number of hydrogen-bond donors (Lipinski definition) is 1. The first-order valence-electron chi connectivity index (χ1n) is 13.2. The predicted molar refractivity (Wildman–Crippen MR) is 155 cm³/mol. The summed E-state index contributed by atoms with van der Waals surface area (Å²) in [5, 5.41) is 10.6. The number of anilines is 1. The standard InChI is InChI=1S/C28H42N8S/c1-27(2)10-8-13-35(17-27)23(32-4)15-24(34(6)20-33(5)14-12-31-3)36-18-28(19-36)11-7-9-22-25(28)21(16-29)26(30)37-22/h12,14-15H,3,7-11,13,17-20,30H2,1-2,4-6H3/b14-12-,24-15+,32-23?. The molecule has 2 fully saturated rings. The molecule has 200 valence electrons. The van der Waals surface area contributed by atoms with Gasteiger partial charge in [0, 0.05) is 76.1 Å². The molecule has 2 aliphatic heterocycles. The maximum absolute atomic E-state index is 9.88. The van der Waals surface area contributed by atoms with Crippen LogP contribution in [0, 0.1) is 16.7 Å². The molecular weight excluding hydrogens is 480 g/mol. The Balaban J connectivity index is 1.63. The van der Waals surface area contributed by atoms with E-state index in [0.29, 0.717) is 17.2 Å². The number of rotatable bonds is 7. The number of nitrogens with two attached hydrogens (primary N) is 1. The number of aryl methyl sites for hydroxylation is 1. The van der Waals surface area contributed by atoms with Gasteiger partial charge < -0.3 is 25.3 Å². The van der Waals surface area contributed by atoms with E-state index in [1.165, 1.54) is 23.3 Å². The molecule has 1 aromatic rings. The van der Waals surface area contributed by atoms with Gasteiger partial charge in [0.05, 0.1) is 12.2 Å². The van der Waals surface area contributed by atoms with Gasteiger partial charge in [0.1, 0.15) is 22.7 Å². The zero-order chi connectivity index (χ0) is 26.8. The van der Waals surface area contributed by atoms with Crippen molar-refractivity contribution in [2.75, 3.05) is 59.7 Å². The molecule has 1 aliphatic carbocycles. The zero-order valence-corrected chi connectivity index (χ0v) is 23.9. The normalized spacial score (nSPS) is 21.0. The Morgan fingerprint density at radius 1 is 1.22 bits per heavy atom. The van der Waals surface area contributed by atoms with Crippen LogP contribution in [0.4, 0.5) is 5.00 Å². The fourth-order valence-corrected chi connectivity index (χ4v) is 7.49. The summed E-state index contributed by atoms with van der Waals surface area (Å²) < 4.78 is 0. The van der Waals surface area contributed by atoms with Gasteiger partial charge in [0.2, 0.25) is 0 Å². The minimum Gasteiger partial charge on any atom is -0.389 e. The quantitative estimate of drug-likeness (QED) is 0.330. The Bertz CT molecular complexity index is 1130. The Kier molecular flexibility index (Phi) is 7.88. The van der Waals surface area contributed by atoms with Gasteiger partial charge in [-0.05, 0) is 49.8 Å². The van der Waals surface area contributed by atoms with Crippen molar-refractivity contribution < 1.29 is 0 Å². The van der Waals surface area contributed by atoms with E-state index in [-0.39, 0.29) is 10.8 Å². The van der Waals surface area contributed by atoms with Gasteiger partial charge >= 0.3 is 0 Å². The lowest BCUT2D eigenvalue weighted by Gasteiger charge is -2.55. The summed E-state index contributed by atoms with van der Waals surface area (Å²) >= 11 is 1.62. The Hall–Kier alpha value is -2.99. The topological polar surface area (TPSA) is 87.5 Å². The summed E-state index contributed by atoms with van der Waals surface area (Å²) in [7, 11) is 6.07. The maximum atomic E-state index is 9.88. The first kappa shape index (κ1) is 27.1. The molecule has 1 aromatic heterocycles. The van der Waals surface area contributed by atoms with Crippen LogP contribution < -0.4 is 5.73 Å². The van der Waals surface area contributed by atoms with Crippen molar-refractivity contribution in [1.29, 1.82) is 5.26 Å². The van der Waals surface area contributed by atoms with Crippen LogP contribution in [-0.4, -0.2) is 86.1 Å². The van der Waals surface area contributed by atoms with Crippen molar-refractivity contribution in [3.8, 4) is 6.07 Å². The number of aliphatic imine (C=N–C) groups is 2. The number of thiophene rings is 1. The largest absolute Gasteiger partial charge is 0.389 e. The number of likely N-dealkylation sites (tertiary alicyclic amines) is 2. The second-order valence-corrected chi connectivity index (χ2v) is 12.7. The third kappa shape index (κ3) is 5.49. The van der Waals surface area contributed by atoms with E-state index >= 15 is 0 Å². The second kappa shape index (κ2) is 10.8. The van der Waals surface area contributed by atoms with Gasteiger partial charge in [-0.15, -0.1) is 11.3 Å². The van der Waals surface area contributed by atoms with Crippen molar-refractivity contribution in [3.63, 3.8) is 0 Å². The first-order chi connectivity index (χ1) is 17.6. The van der Waals surface area contributed by atoms with E-state index in [0.717, 1.165) is 57.1 Å². The third-order valence-corrected chi connectivity index (χ3v) is 9.06. The highest BCUT2D eigenvalue weighted by Crippen LogP contribution is 2.51. The van der Waals surface area contributed by atoms with Crippen molar-refractivity contribution in [1.82, 2.24) is 19.6 Å². The molecule has 0 aromatic carbocycles. The molecule has 0 bridgehead atoms. The van der Waals surface area contributed by atoms with Gasteiger partial charge in [-0.25, -0.2) is 0 Å². The molecule has 2 N–H and O–H groups in total. The third-order valence-electron chi connectivity index (χ3n) is 7.99. The Labute approximate surface area is 226 Å². The van der Waals surface area contributed by atoms with Gasteiger partial charge in [-0.1, -0.05) is 13.8 Å². The SMILES string of the molecule is C=N/C=C\N(C)CN(C)/C(=C\C(=NC)N1CCCC(C)(C)C1)N1CC2(CCCc3sc(N)c(C#N)c32)C1. The lowest BCUT2D eigenvalue weighted by atomic mass is 9.66. The Morgan fingerprint density at radius 3 is 2.62 bits per heavy atom. The predicted octanol–water partition coefficient (Wildman–Crippen LogP) is 4.08. The van der Waals surface area contributed by atoms with E-state index in [9.17, 15) is 5.26 Å². The molecule has 3 aliphatic rings. The van der Waals surface area contributed by atoms with Crippen LogP contribution in [-0.2, 0) is 11.8 Å². The van der Waals surface area contributed by atoms with Crippen molar-refractivity contribution in [2.24, 2.45) is 15.4 Å². The molecule has 9 heteroatoms. The van der Waals surface area contributed by atoms with Crippen LogP contribution in [0.1, 0.15) is 55.5 Å². The average Bonchev–Trinajstić information content (AvgIpc) is 3.16. The van der Waals surface area contributed by atoms with E-state index in [4.69, 9.17) is 10.7 Å². The molecular formula is C28H42N8S. The maximum Gasteiger partial charge on any atom is 0.126 e. The minimum atomic E-state index is 0.00188. The lowest BCUT2D eigenvalue weighted by molar-refractivity contribution is 0.0484. The van der Waals surface area contributed by atoms with Crippen LogP contribution in [0.2, 0.25) is 0 Å². The monoisotopic (exact) mass is 522 g/mol. The molecule has 1 spiro atoms. The average molecular weight is 523 g/mol. The van der Waals surface area contributed by atoms with Gasteiger partial charge in [-0.3, -0.25) is 9.98 Å². The molecule has 0 atom stereocenters. The second-order valence-electron chi connectivity index (χ2n) is 11.6. The summed E-state index contributed by atoms with van der Waals surface area (Å²) in [4.78, 5) is 19.2. The van der Waals surface area contributed by atoms with Crippen LogP contribution >= 0.6 is 11.3 Å². The lowest BCUT2D eigenvalue weighted by Crippen LogP contribution is -2.61. The zero-order valence-electron chi connectivity index (χ0n) is 23.1. The van der Waals surface area contributed by atoms with Gasteiger partial charge in [0.25, 0.3) is 0 Å². The number of nitrogen functional groups attached to an aromatic ring is 1. The van der Waals surface area contributed by atoms with E-state index in [1.54, 1.807) is 17.5 Å². The van der Waals surface area contributed by atoms with E-state index < -0.39 is 0 Å². The molecule has 2 saturated heterocycles. The molecule has 0 unspecified atom stereocenters. The minimum absolute atomic E-state index is 0.00188. The van der Waals surface area contributed by atoms with Gasteiger partial charge in [0.15, 0.2) is 0 Å². The summed E-state index contributed by atoms with van der Waals surface area (Å²) in [6, 6.07) is 2.42. The molecule has 0 radical (unpaired) electrons. The number of nitrogens with zero attached hydrogens (tertiary/aromatic N) is 7. The van der Waals surface area contributed by atoms with Crippen molar-refractivity contribution >= 4 is 28.9 Å². The van der Waals surface area contributed by atoms with Crippen molar-refractivity contribution in [3.05, 3.63) is 40.3 Å². The van der Waals surface area contributed by atoms with E-state index in [1.807, 2.05) is 20.3 Å². The Morgan fingerprint density at radius 2 is 1.97 bits per heavy atom. The molecule has 0 saturated carbocycles. The fraction of sp³-hybridized carbons (Fsp3) is 0.607. The molecule has 0 amide bonds. The number of amidine groups is 1.